The van der Waals surface area contributed by atoms with Crippen molar-refractivity contribution in [3.63, 3.8) is 0 Å². The van der Waals surface area contributed by atoms with E-state index in [2.05, 4.69) is 74.4 Å². The summed E-state index contributed by atoms with van der Waals surface area (Å²) in [5.41, 5.74) is 4.38. The van der Waals surface area contributed by atoms with Gasteiger partial charge in [0.05, 0.1) is 33.2 Å². The van der Waals surface area contributed by atoms with Crippen LogP contribution in [0, 0.1) is 0 Å². The van der Waals surface area contributed by atoms with Gasteiger partial charge in [-0.3, -0.25) is 0 Å². The van der Waals surface area contributed by atoms with E-state index in [4.69, 9.17) is 4.74 Å². The second kappa shape index (κ2) is 6.47. The minimum Gasteiger partial charge on any atom is -1.00 e. The lowest BCUT2D eigenvalue weighted by Crippen LogP contribution is -3.00. The molecular formula is C21H27IN2O. The lowest BCUT2D eigenvalue weighted by Gasteiger charge is -2.40. The molecule has 3 nitrogen and oxygen atoms in total. The third-order valence-electron chi connectivity index (χ3n) is 6.06. The Morgan fingerprint density at radius 2 is 1.88 bits per heavy atom. The zero-order valence-electron chi connectivity index (χ0n) is 15.5. The molecular weight excluding hydrogens is 423 g/mol. The summed E-state index contributed by atoms with van der Waals surface area (Å²) in [5, 5.41) is 0. The molecule has 0 aliphatic carbocycles. The van der Waals surface area contributed by atoms with Crippen LogP contribution in [0.25, 0.3) is 0 Å². The average Bonchev–Trinajstić information content (AvgIpc) is 2.98. The number of nitrogens with zero attached hydrogens (tertiary/aromatic N) is 2. The summed E-state index contributed by atoms with van der Waals surface area (Å²) in [6.45, 7) is 4.61. The monoisotopic (exact) mass is 450 g/mol. The first-order valence-corrected chi connectivity index (χ1v) is 8.77. The van der Waals surface area contributed by atoms with Crippen molar-refractivity contribution in [2.45, 2.75) is 31.5 Å². The van der Waals surface area contributed by atoms with Crippen molar-refractivity contribution >= 4 is 5.69 Å². The number of halogens is 1. The Balaban J connectivity index is 0.00000182. The van der Waals surface area contributed by atoms with E-state index < -0.39 is 0 Å². The molecule has 2 aliphatic heterocycles. The predicted molar refractivity (Wildman–Crippen MR) is 98.4 cm³/mol. The van der Waals surface area contributed by atoms with Crippen LogP contribution in [0.2, 0.25) is 0 Å². The predicted octanol–water partition coefficient (Wildman–Crippen LogP) is 0.783. The number of hydrogen-bond donors (Lipinski definition) is 0. The number of anilines is 1. The van der Waals surface area contributed by atoms with Crippen molar-refractivity contribution < 1.29 is 33.2 Å². The minimum absolute atomic E-state index is 0. The number of ether oxygens (including phenoxy) is 1. The average molecular weight is 450 g/mol. The third-order valence-corrected chi connectivity index (χ3v) is 6.06. The van der Waals surface area contributed by atoms with Crippen molar-refractivity contribution in [2.24, 2.45) is 0 Å². The highest BCUT2D eigenvalue weighted by atomic mass is 127. The lowest BCUT2D eigenvalue weighted by atomic mass is 9.81. The van der Waals surface area contributed by atoms with E-state index in [9.17, 15) is 0 Å². The van der Waals surface area contributed by atoms with Gasteiger partial charge in [0.2, 0.25) is 0 Å². The maximum absolute atomic E-state index is 5.51. The Morgan fingerprint density at radius 1 is 1.16 bits per heavy atom. The molecule has 1 unspecified atom stereocenters. The molecule has 2 aromatic rings. The fraction of sp³-hybridized carbons (Fsp3) is 0.429. The van der Waals surface area contributed by atoms with Crippen LogP contribution in [0.3, 0.4) is 0 Å². The number of quaternary nitrogens is 1. The minimum atomic E-state index is 0. The van der Waals surface area contributed by atoms with E-state index in [0.29, 0.717) is 6.17 Å². The molecule has 0 saturated carbocycles. The zero-order valence-corrected chi connectivity index (χ0v) is 17.7. The summed E-state index contributed by atoms with van der Waals surface area (Å²) in [6, 6.07) is 17.4. The lowest BCUT2D eigenvalue weighted by molar-refractivity contribution is -0.903. The summed E-state index contributed by atoms with van der Waals surface area (Å²) < 4.78 is 6.56. The van der Waals surface area contributed by atoms with Gasteiger partial charge in [0, 0.05) is 18.7 Å². The van der Waals surface area contributed by atoms with E-state index in [1.807, 2.05) is 0 Å². The maximum atomic E-state index is 5.51. The molecule has 4 rings (SSSR count). The molecule has 2 aromatic carbocycles. The van der Waals surface area contributed by atoms with Crippen molar-refractivity contribution in [1.82, 2.24) is 0 Å². The molecule has 25 heavy (non-hydrogen) atoms. The van der Waals surface area contributed by atoms with Crippen molar-refractivity contribution in [3.8, 4) is 5.75 Å². The molecule has 0 aromatic heterocycles. The van der Waals surface area contributed by atoms with Crippen LogP contribution in [0.15, 0.2) is 48.5 Å². The topological polar surface area (TPSA) is 12.5 Å². The fourth-order valence-corrected chi connectivity index (χ4v) is 4.97. The normalized spacial score (nSPS) is 25.9. The van der Waals surface area contributed by atoms with Crippen LogP contribution in [-0.4, -0.2) is 38.4 Å². The van der Waals surface area contributed by atoms with Crippen LogP contribution in [-0.2, 0) is 12.0 Å². The standard InChI is InChI=1S/C21H27N2O.HI/c1-21-12-13-23(2,3)20(21)22(15-16-8-6-5-7-9-16)19-11-10-17(24-4)14-18(19)21;/h5-11,14,20H,12-13,15H2,1-4H3;1H/q+1;/p-1/t20?,21-;/m0./s1. The summed E-state index contributed by atoms with van der Waals surface area (Å²) in [5.74, 6) is 0.965. The molecule has 0 bridgehead atoms. The molecule has 0 spiro atoms. The number of methoxy groups -OCH3 is 1. The van der Waals surface area contributed by atoms with E-state index in [-0.39, 0.29) is 29.4 Å². The van der Waals surface area contributed by atoms with Gasteiger partial charge in [0.15, 0.2) is 6.17 Å². The number of likely N-dealkylation sites (N-methyl/N-ethyl adjacent to an activating group) is 1. The van der Waals surface area contributed by atoms with Crippen molar-refractivity contribution in [3.05, 3.63) is 59.7 Å². The van der Waals surface area contributed by atoms with Gasteiger partial charge in [-0.15, -0.1) is 0 Å². The highest BCUT2D eigenvalue weighted by Crippen LogP contribution is 2.54. The Morgan fingerprint density at radius 3 is 2.56 bits per heavy atom. The molecule has 2 atom stereocenters. The number of benzene rings is 2. The Labute approximate surface area is 168 Å². The van der Waals surface area contributed by atoms with Gasteiger partial charge in [-0.25, -0.2) is 0 Å². The van der Waals surface area contributed by atoms with Crippen molar-refractivity contribution in [2.75, 3.05) is 32.6 Å². The Bertz CT molecular complexity index is 762. The number of hydrogen-bond acceptors (Lipinski definition) is 2. The second-order valence-electron chi connectivity index (χ2n) is 8.04. The van der Waals surface area contributed by atoms with E-state index in [1.54, 1.807) is 7.11 Å². The van der Waals surface area contributed by atoms with Crippen molar-refractivity contribution in [1.29, 1.82) is 0 Å². The van der Waals surface area contributed by atoms with Gasteiger partial charge in [0.25, 0.3) is 0 Å². The van der Waals surface area contributed by atoms with Gasteiger partial charge >= 0.3 is 0 Å². The Hall–Kier alpha value is -1.27. The van der Waals surface area contributed by atoms with Gasteiger partial charge in [-0.1, -0.05) is 30.3 Å². The fourth-order valence-electron chi connectivity index (χ4n) is 4.97. The highest BCUT2D eigenvalue weighted by molar-refractivity contribution is 5.66. The smallest absolute Gasteiger partial charge is 0.174 e. The number of fused-ring (bicyclic) bond motifs is 3. The number of rotatable bonds is 3. The zero-order chi connectivity index (χ0) is 16.9. The molecule has 4 heteroatoms. The van der Waals surface area contributed by atoms with E-state index in [1.165, 1.54) is 29.8 Å². The van der Waals surface area contributed by atoms with Crippen LogP contribution in [0.4, 0.5) is 5.69 Å². The van der Waals surface area contributed by atoms with Gasteiger partial charge in [-0.05, 0) is 36.2 Å². The summed E-state index contributed by atoms with van der Waals surface area (Å²) in [4.78, 5) is 2.62. The first kappa shape index (κ1) is 18.5. The van der Waals surface area contributed by atoms with Gasteiger partial charge in [0.1, 0.15) is 5.75 Å². The van der Waals surface area contributed by atoms with E-state index in [0.717, 1.165) is 16.8 Å². The second-order valence-corrected chi connectivity index (χ2v) is 8.04. The van der Waals surface area contributed by atoms with Crippen LogP contribution < -0.4 is 33.6 Å². The molecule has 0 amide bonds. The van der Waals surface area contributed by atoms with Gasteiger partial charge < -0.3 is 38.1 Å². The van der Waals surface area contributed by atoms with Crippen LogP contribution >= 0.6 is 0 Å². The van der Waals surface area contributed by atoms with Crippen LogP contribution in [0.5, 0.6) is 5.75 Å². The molecule has 1 fully saturated rings. The molecule has 134 valence electrons. The first-order valence-electron chi connectivity index (χ1n) is 8.77. The largest absolute Gasteiger partial charge is 1.00 e. The number of likely N-dealkylation sites (tertiary alicyclic amines) is 1. The van der Waals surface area contributed by atoms with Gasteiger partial charge in [-0.2, -0.15) is 0 Å². The first-order chi connectivity index (χ1) is 11.5. The maximum Gasteiger partial charge on any atom is 0.174 e. The third kappa shape index (κ3) is 2.83. The Kier molecular flexibility index (Phi) is 4.79. The molecule has 0 radical (unpaired) electrons. The highest BCUT2D eigenvalue weighted by Gasteiger charge is 2.60. The summed E-state index contributed by atoms with van der Waals surface area (Å²) in [7, 11) is 6.50. The molecule has 2 heterocycles. The molecule has 1 saturated heterocycles. The SMILES string of the molecule is COc1ccc2c(c1)[C@]1(C)CC[N+](C)(C)C1N2Cc1ccccc1.[I-]. The summed E-state index contributed by atoms with van der Waals surface area (Å²) in [6.07, 6.45) is 1.69. The summed E-state index contributed by atoms with van der Waals surface area (Å²) >= 11 is 0. The van der Waals surface area contributed by atoms with E-state index >= 15 is 0 Å². The molecule has 2 aliphatic rings. The molecule has 0 N–H and O–H groups in total. The van der Waals surface area contributed by atoms with Crippen LogP contribution in [0.1, 0.15) is 24.5 Å². The quantitative estimate of drug-likeness (QED) is 0.507.